The number of β-amino-alcohol motifs (C(OH)–C–C–N with tert-alkyl or cyclic N) is 1. The summed E-state index contributed by atoms with van der Waals surface area (Å²) in [6.07, 6.45) is -2.65. The highest BCUT2D eigenvalue weighted by atomic mass is 19.4. The molecule has 1 N–H and O–H groups in total. The lowest BCUT2D eigenvalue weighted by atomic mass is 9.90. The van der Waals surface area contributed by atoms with Crippen LogP contribution in [-0.4, -0.2) is 110 Å². The second-order valence-corrected chi connectivity index (χ2v) is 13.9. The molecule has 14 heteroatoms. The van der Waals surface area contributed by atoms with E-state index in [-0.39, 0.29) is 55.0 Å². The first-order valence-corrected chi connectivity index (χ1v) is 18.6. The van der Waals surface area contributed by atoms with Gasteiger partial charge in [-0.05, 0) is 61.6 Å². The van der Waals surface area contributed by atoms with E-state index in [1.165, 1.54) is 32.5 Å². The van der Waals surface area contributed by atoms with E-state index < -0.39 is 18.3 Å². The predicted octanol–water partition coefficient (Wildman–Crippen LogP) is 5.97. The van der Waals surface area contributed by atoms with Crippen molar-refractivity contribution >= 4 is 22.8 Å². The van der Waals surface area contributed by atoms with Crippen LogP contribution in [0.3, 0.4) is 0 Å². The van der Waals surface area contributed by atoms with Gasteiger partial charge in [-0.15, -0.1) is 0 Å². The lowest BCUT2D eigenvalue weighted by molar-refractivity contribution is -0.272. The highest BCUT2D eigenvalue weighted by Gasteiger charge is 2.57. The van der Waals surface area contributed by atoms with Crippen LogP contribution in [0.25, 0.3) is 10.9 Å². The summed E-state index contributed by atoms with van der Waals surface area (Å²) in [5, 5.41) is 12.1. The van der Waals surface area contributed by atoms with Crippen molar-refractivity contribution < 1.29 is 51.6 Å². The third-order valence-electron chi connectivity index (χ3n) is 10.3. The molecule has 1 atom stereocenters. The largest absolute Gasteiger partial charge is 0.493 e. The fourth-order valence-electron chi connectivity index (χ4n) is 7.29. The average Bonchev–Trinajstić information content (AvgIpc) is 3.55. The molecule has 1 amide bonds. The molecule has 11 nitrogen and oxygen atoms in total. The van der Waals surface area contributed by atoms with Crippen LogP contribution in [-0.2, 0) is 32.8 Å². The summed E-state index contributed by atoms with van der Waals surface area (Å²) in [6, 6.07) is 17.5. The zero-order valence-electron chi connectivity index (χ0n) is 31.4. The van der Waals surface area contributed by atoms with E-state index >= 15 is 13.2 Å². The zero-order chi connectivity index (χ0) is 39.2. The number of hydrogen-bond donors (Lipinski definition) is 1. The van der Waals surface area contributed by atoms with Gasteiger partial charge in [-0.1, -0.05) is 36.4 Å². The molecule has 2 aliphatic heterocycles. The molecule has 3 aromatic carbocycles. The van der Waals surface area contributed by atoms with E-state index in [1.807, 2.05) is 30.3 Å². The highest BCUT2D eigenvalue weighted by molar-refractivity contribution is 5.99. The van der Waals surface area contributed by atoms with Crippen LogP contribution in [0.5, 0.6) is 17.2 Å². The standard InChI is InChI=1S/C41H48F3N3O8/c1-4-54-37(48)13-10-29-22-35(51-2)38(36(23-29)52-3)55-31-14-16-45(17-15-31)27-40(50,41(42,43)44)33-26-47(25-28-8-6-5-7-9-28)34-24-30(11-12-32(33)34)39(49)46-18-20-53-21-19-46/h5-9,11-12,22-24,26,31,50H,4,10,13-21,25,27H2,1-3H3. The van der Waals surface area contributed by atoms with Crippen LogP contribution in [0.15, 0.2) is 66.9 Å². The summed E-state index contributed by atoms with van der Waals surface area (Å²) >= 11 is 0. The number of carbonyl (C=O) groups excluding carboxylic acids is 2. The summed E-state index contributed by atoms with van der Waals surface area (Å²) in [7, 11) is 2.99. The molecule has 2 fully saturated rings. The number of hydrogen-bond acceptors (Lipinski definition) is 9. The molecule has 2 aliphatic rings. The maximum atomic E-state index is 15.2. The number of carbonyl (C=O) groups is 2. The Balaban J connectivity index is 1.22. The van der Waals surface area contributed by atoms with Gasteiger partial charge in [0.1, 0.15) is 6.10 Å². The quantitative estimate of drug-likeness (QED) is 0.155. The van der Waals surface area contributed by atoms with Crippen molar-refractivity contribution in [1.29, 1.82) is 0 Å². The molecule has 0 aliphatic carbocycles. The van der Waals surface area contributed by atoms with Crippen molar-refractivity contribution in [2.45, 2.75) is 57.0 Å². The summed E-state index contributed by atoms with van der Waals surface area (Å²) in [4.78, 5) is 28.6. The van der Waals surface area contributed by atoms with E-state index in [1.54, 1.807) is 39.5 Å². The minimum absolute atomic E-state index is 0.187. The maximum Gasteiger partial charge on any atom is 0.422 e. The number of aromatic nitrogens is 1. The number of methoxy groups -OCH3 is 2. The fraction of sp³-hybridized carbons (Fsp3) is 0.463. The number of morpholine rings is 1. The van der Waals surface area contributed by atoms with Crippen molar-refractivity contribution in [2.75, 3.05) is 66.8 Å². The number of halogens is 3. The smallest absolute Gasteiger partial charge is 0.422 e. The number of ether oxygens (including phenoxy) is 5. The van der Waals surface area contributed by atoms with Gasteiger partial charge in [0.15, 0.2) is 11.5 Å². The molecule has 4 aromatic rings. The summed E-state index contributed by atoms with van der Waals surface area (Å²) in [6.45, 7) is 3.73. The zero-order valence-corrected chi connectivity index (χ0v) is 31.4. The minimum Gasteiger partial charge on any atom is -0.493 e. The molecule has 0 radical (unpaired) electrons. The molecule has 296 valence electrons. The first kappa shape index (κ1) is 39.9. The van der Waals surface area contributed by atoms with Gasteiger partial charge < -0.3 is 38.3 Å². The summed E-state index contributed by atoms with van der Waals surface area (Å²) in [5.74, 6) is 0.652. The highest BCUT2D eigenvalue weighted by Crippen LogP contribution is 2.45. The predicted molar refractivity (Wildman–Crippen MR) is 199 cm³/mol. The van der Waals surface area contributed by atoms with Crippen LogP contribution in [0.2, 0.25) is 0 Å². The van der Waals surface area contributed by atoms with Crippen LogP contribution >= 0.6 is 0 Å². The van der Waals surface area contributed by atoms with Gasteiger partial charge in [-0.3, -0.25) is 14.5 Å². The number of alkyl halides is 3. The average molecular weight is 768 g/mol. The molecule has 0 bridgehead atoms. The van der Waals surface area contributed by atoms with E-state index in [4.69, 9.17) is 23.7 Å². The number of benzene rings is 3. The molecule has 3 heterocycles. The summed E-state index contributed by atoms with van der Waals surface area (Å²) < 4.78 is 75.3. The molecule has 1 unspecified atom stereocenters. The van der Waals surface area contributed by atoms with Crippen LogP contribution in [0.1, 0.15) is 53.2 Å². The number of likely N-dealkylation sites (tertiary alicyclic amines) is 1. The molecule has 6 rings (SSSR count). The minimum atomic E-state index is -5.02. The lowest BCUT2D eigenvalue weighted by Gasteiger charge is -2.39. The van der Waals surface area contributed by atoms with E-state index in [0.717, 1.165) is 11.1 Å². The molecule has 0 spiro atoms. The van der Waals surface area contributed by atoms with E-state index in [9.17, 15) is 14.7 Å². The fourth-order valence-corrected chi connectivity index (χ4v) is 7.29. The number of aryl methyl sites for hydroxylation is 1. The Morgan fingerprint density at radius 3 is 2.20 bits per heavy atom. The number of amides is 1. The van der Waals surface area contributed by atoms with Gasteiger partial charge in [0.2, 0.25) is 11.4 Å². The molecule has 1 aromatic heterocycles. The Morgan fingerprint density at radius 2 is 1.58 bits per heavy atom. The topological polar surface area (TPSA) is 112 Å². The molecular formula is C41H48F3N3O8. The number of esters is 1. The van der Waals surface area contributed by atoms with E-state index in [0.29, 0.717) is 80.5 Å². The Morgan fingerprint density at radius 1 is 0.909 bits per heavy atom. The molecule has 0 saturated carbocycles. The second-order valence-electron chi connectivity index (χ2n) is 13.9. The third-order valence-corrected chi connectivity index (χ3v) is 10.3. The number of rotatable bonds is 14. The Labute approximate surface area is 318 Å². The number of fused-ring (bicyclic) bond motifs is 1. The second kappa shape index (κ2) is 17.3. The number of nitrogens with zero attached hydrogens (tertiary/aromatic N) is 3. The molecule has 2 saturated heterocycles. The summed E-state index contributed by atoms with van der Waals surface area (Å²) in [5.41, 5.74) is -1.07. The van der Waals surface area contributed by atoms with Crippen molar-refractivity contribution in [2.24, 2.45) is 0 Å². The number of aliphatic hydroxyl groups is 1. The Kier molecular flexibility index (Phi) is 12.6. The van der Waals surface area contributed by atoms with Crippen LogP contribution in [0.4, 0.5) is 13.2 Å². The van der Waals surface area contributed by atoms with Crippen molar-refractivity contribution in [3.8, 4) is 17.2 Å². The van der Waals surface area contributed by atoms with Crippen molar-refractivity contribution in [3.63, 3.8) is 0 Å². The SMILES string of the molecule is CCOC(=O)CCc1cc(OC)c(OC2CCN(CC(O)(c3cn(Cc4ccccc4)c4cc(C(=O)N5CCOCC5)ccc34)C(F)(F)F)CC2)c(OC)c1. The van der Waals surface area contributed by atoms with E-state index in [2.05, 4.69) is 0 Å². The first-order valence-electron chi connectivity index (χ1n) is 18.6. The monoisotopic (exact) mass is 767 g/mol. The molecule has 55 heavy (non-hydrogen) atoms. The third kappa shape index (κ3) is 9.03. The van der Waals surface area contributed by atoms with Gasteiger partial charge in [0.25, 0.3) is 5.91 Å². The van der Waals surface area contributed by atoms with Crippen molar-refractivity contribution in [3.05, 3.63) is 89.1 Å². The number of piperidine rings is 1. The normalized spacial score (nSPS) is 16.8. The van der Waals surface area contributed by atoms with Crippen molar-refractivity contribution in [1.82, 2.24) is 14.4 Å². The Bertz CT molecular complexity index is 1910. The van der Waals surface area contributed by atoms with Gasteiger partial charge in [0, 0.05) is 73.9 Å². The molecular weight excluding hydrogens is 719 g/mol. The maximum absolute atomic E-state index is 15.2. The van der Waals surface area contributed by atoms with Crippen LogP contribution in [0, 0.1) is 0 Å². The lowest BCUT2D eigenvalue weighted by Crippen LogP contribution is -2.53. The van der Waals surface area contributed by atoms with Gasteiger partial charge in [-0.25, -0.2) is 0 Å². The first-order chi connectivity index (χ1) is 26.4. The van der Waals surface area contributed by atoms with Gasteiger partial charge in [0.05, 0.1) is 34.0 Å². The Hall–Kier alpha value is -4.79. The van der Waals surface area contributed by atoms with Gasteiger partial charge >= 0.3 is 12.1 Å². The van der Waals surface area contributed by atoms with Crippen LogP contribution < -0.4 is 14.2 Å². The van der Waals surface area contributed by atoms with Gasteiger partial charge in [-0.2, -0.15) is 13.2 Å².